The molecule has 6 heteroatoms. The van der Waals surface area contributed by atoms with Crippen molar-refractivity contribution in [2.75, 3.05) is 13.1 Å². The van der Waals surface area contributed by atoms with Gasteiger partial charge in [0.2, 0.25) is 11.7 Å². The molecule has 2 aromatic rings. The molecule has 6 nitrogen and oxygen atoms in total. The van der Waals surface area contributed by atoms with Gasteiger partial charge in [-0.05, 0) is 32.4 Å². The summed E-state index contributed by atoms with van der Waals surface area (Å²) in [6.07, 6.45) is 7.78. The standard InChI is InChI=1S/C13H19N5O/c1-2-3-13(4-6-14-7-5-13)12-17-11(18-19-12)10-15-8-9-16-10/h8-9,14H,2-7H2,1H3,(H,15,16). The van der Waals surface area contributed by atoms with Crippen molar-refractivity contribution in [3.05, 3.63) is 18.3 Å². The first-order chi connectivity index (χ1) is 9.34. The number of rotatable bonds is 4. The molecular formula is C13H19N5O. The quantitative estimate of drug-likeness (QED) is 0.878. The molecule has 1 saturated heterocycles. The van der Waals surface area contributed by atoms with E-state index in [-0.39, 0.29) is 5.41 Å². The minimum absolute atomic E-state index is 0.0395. The summed E-state index contributed by atoms with van der Waals surface area (Å²) >= 11 is 0. The minimum Gasteiger partial charge on any atom is -0.342 e. The fourth-order valence-corrected chi connectivity index (χ4v) is 2.88. The molecule has 1 aliphatic heterocycles. The van der Waals surface area contributed by atoms with Gasteiger partial charge < -0.3 is 14.8 Å². The number of piperidine rings is 1. The third-order valence-corrected chi connectivity index (χ3v) is 3.88. The molecule has 3 rings (SSSR count). The molecule has 1 fully saturated rings. The molecular weight excluding hydrogens is 242 g/mol. The van der Waals surface area contributed by atoms with E-state index < -0.39 is 0 Å². The van der Waals surface area contributed by atoms with E-state index >= 15 is 0 Å². The van der Waals surface area contributed by atoms with Crippen LogP contribution in [0.5, 0.6) is 0 Å². The lowest BCUT2D eigenvalue weighted by Gasteiger charge is -2.34. The molecule has 1 aliphatic rings. The molecule has 0 amide bonds. The summed E-state index contributed by atoms with van der Waals surface area (Å²) in [6.45, 7) is 4.23. The van der Waals surface area contributed by atoms with Gasteiger partial charge in [0.15, 0.2) is 5.82 Å². The van der Waals surface area contributed by atoms with Crippen LogP contribution in [0.1, 0.15) is 38.5 Å². The summed E-state index contributed by atoms with van der Waals surface area (Å²) in [5, 5.41) is 7.45. The first-order valence-electron chi connectivity index (χ1n) is 6.89. The molecule has 0 spiro atoms. The maximum atomic E-state index is 5.53. The fraction of sp³-hybridized carbons (Fsp3) is 0.615. The van der Waals surface area contributed by atoms with E-state index in [4.69, 9.17) is 4.52 Å². The van der Waals surface area contributed by atoms with Crippen LogP contribution in [-0.2, 0) is 5.41 Å². The van der Waals surface area contributed by atoms with Gasteiger partial charge in [-0.25, -0.2) is 4.98 Å². The van der Waals surface area contributed by atoms with Crippen LogP contribution in [0.4, 0.5) is 0 Å². The van der Waals surface area contributed by atoms with Crippen LogP contribution in [0, 0.1) is 0 Å². The van der Waals surface area contributed by atoms with Gasteiger partial charge in [0.05, 0.1) is 5.41 Å². The number of hydrogen-bond acceptors (Lipinski definition) is 5. The summed E-state index contributed by atoms with van der Waals surface area (Å²) < 4.78 is 5.53. The summed E-state index contributed by atoms with van der Waals surface area (Å²) in [4.78, 5) is 11.7. The van der Waals surface area contributed by atoms with Crippen molar-refractivity contribution in [1.29, 1.82) is 0 Å². The average molecular weight is 261 g/mol. The Kier molecular flexibility index (Phi) is 3.33. The van der Waals surface area contributed by atoms with E-state index in [0.717, 1.165) is 44.7 Å². The summed E-state index contributed by atoms with van der Waals surface area (Å²) in [7, 11) is 0. The second kappa shape index (κ2) is 5.13. The molecule has 0 saturated carbocycles. The molecule has 19 heavy (non-hydrogen) atoms. The zero-order chi connectivity index (χ0) is 13.1. The van der Waals surface area contributed by atoms with Gasteiger partial charge in [-0.3, -0.25) is 0 Å². The van der Waals surface area contributed by atoms with Crippen LogP contribution in [0.3, 0.4) is 0 Å². The summed E-state index contributed by atoms with van der Waals surface area (Å²) in [5.74, 6) is 1.98. The van der Waals surface area contributed by atoms with Crippen molar-refractivity contribution in [3.63, 3.8) is 0 Å². The highest BCUT2D eigenvalue weighted by atomic mass is 16.5. The Labute approximate surface area is 112 Å². The number of aromatic nitrogens is 4. The van der Waals surface area contributed by atoms with Crippen LogP contribution >= 0.6 is 0 Å². The number of aromatic amines is 1. The van der Waals surface area contributed by atoms with Crippen LogP contribution in [-0.4, -0.2) is 33.2 Å². The van der Waals surface area contributed by atoms with E-state index in [1.807, 2.05) is 0 Å². The highest BCUT2D eigenvalue weighted by Gasteiger charge is 2.38. The lowest BCUT2D eigenvalue weighted by molar-refractivity contribution is 0.208. The predicted molar refractivity (Wildman–Crippen MR) is 70.6 cm³/mol. The Bertz CT molecular complexity index is 507. The number of nitrogens with one attached hydrogen (secondary N) is 2. The van der Waals surface area contributed by atoms with Crippen molar-refractivity contribution >= 4 is 0 Å². The fourth-order valence-electron chi connectivity index (χ4n) is 2.88. The van der Waals surface area contributed by atoms with E-state index in [1.54, 1.807) is 12.4 Å². The second-order valence-electron chi connectivity index (χ2n) is 5.14. The average Bonchev–Trinajstić information content (AvgIpc) is 3.11. The Morgan fingerprint density at radius 1 is 1.37 bits per heavy atom. The number of imidazole rings is 1. The minimum atomic E-state index is 0.0395. The normalized spacial score (nSPS) is 18.6. The van der Waals surface area contributed by atoms with E-state index in [9.17, 15) is 0 Å². The number of H-pyrrole nitrogens is 1. The van der Waals surface area contributed by atoms with Crippen molar-refractivity contribution < 1.29 is 4.52 Å². The molecule has 0 radical (unpaired) electrons. The van der Waals surface area contributed by atoms with E-state index in [2.05, 4.69) is 32.3 Å². The molecule has 2 N–H and O–H groups in total. The SMILES string of the molecule is CCCC1(c2nc(-c3ncc[nH]3)no2)CCNCC1. The zero-order valence-corrected chi connectivity index (χ0v) is 11.1. The predicted octanol–water partition coefficient (Wildman–Crippen LogP) is 1.88. The van der Waals surface area contributed by atoms with Crippen LogP contribution in [0.25, 0.3) is 11.6 Å². The first kappa shape index (κ1) is 12.3. The maximum Gasteiger partial charge on any atom is 0.238 e. The van der Waals surface area contributed by atoms with Gasteiger partial charge in [0, 0.05) is 12.4 Å². The summed E-state index contributed by atoms with van der Waals surface area (Å²) in [5.41, 5.74) is 0.0395. The smallest absolute Gasteiger partial charge is 0.238 e. The molecule has 0 aliphatic carbocycles. The van der Waals surface area contributed by atoms with Crippen molar-refractivity contribution in [1.82, 2.24) is 25.4 Å². The number of hydrogen-bond donors (Lipinski definition) is 2. The monoisotopic (exact) mass is 261 g/mol. The molecule has 2 aromatic heterocycles. The Morgan fingerprint density at radius 2 is 2.21 bits per heavy atom. The first-order valence-corrected chi connectivity index (χ1v) is 6.89. The van der Waals surface area contributed by atoms with Crippen molar-refractivity contribution in [2.45, 2.75) is 38.0 Å². The molecule has 0 unspecified atom stereocenters. The zero-order valence-electron chi connectivity index (χ0n) is 11.1. The molecule has 3 heterocycles. The van der Waals surface area contributed by atoms with Gasteiger partial charge in [0.25, 0.3) is 0 Å². The highest BCUT2D eigenvalue weighted by Crippen LogP contribution is 2.37. The molecule has 0 atom stereocenters. The largest absolute Gasteiger partial charge is 0.342 e. The number of nitrogens with zero attached hydrogens (tertiary/aromatic N) is 3. The molecule has 0 aromatic carbocycles. The molecule has 102 valence electrons. The Morgan fingerprint density at radius 3 is 2.89 bits per heavy atom. The lowest BCUT2D eigenvalue weighted by atomic mass is 9.75. The maximum absolute atomic E-state index is 5.53. The highest BCUT2D eigenvalue weighted by molar-refractivity contribution is 5.41. The Hall–Kier alpha value is -1.69. The summed E-state index contributed by atoms with van der Waals surface area (Å²) in [6, 6.07) is 0. The van der Waals surface area contributed by atoms with E-state index in [1.165, 1.54) is 0 Å². The van der Waals surface area contributed by atoms with Gasteiger partial charge in [-0.1, -0.05) is 18.5 Å². The molecule has 0 bridgehead atoms. The Balaban J connectivity index is 1.90. The van der Waals surface area contributed by atoms with Gasteiger partial charge >= 0.3 is 0 Å². The third kappa shape index (κ3) is 2.28. The lowest BCUT2D eigenvalue weighted by Crippen LogP contribution is -2.40. The topological polar surface area (TPSA) is 79.6 Å². The van der Waals surface area contributed by atoms with Crippen LogP contribution < -0.4 is 5.32 Å². The van der Waals surface area contributed by atoms with Gasteiger partial charge in [-0.2, -0.15) is 4.98 Å². The van der Waals surface area contributed by atoms with Crippen molar-refractivity contribution in [2.24, 2.45) is 0 Å². The van der Waals surface area contributed by atoms with Crippen LogP contribution in [0.2, 0.25) is 0 Å². The second-order valence-corrected chi connectivity index (χ2v) is 5.14. The van der Waals surface area contributed by atoms with E-state index in [0.29, 0.717) is 11.6 Å². The van der Waals surface area contributed by atoms with Crippen LogP contribution in [0.15, 0.2) is 16.9 Å². The van der Waals surface area contributed by atoms with Gasteiger partial charge in [-0.15, -0.1) is 0 Å². The third-order valence-electron chi connectivity index (χ3n) is 3.88. The van der Waals surface area contributed by atoms with Gasteiger partial charge in [0.1, 0.15) is 0 Å². The van der Waals surface area contributed by atoms with Crippen molar-refractivity contribution in [3.8, 4) is 11.6 Å².